The van der Waals surface area contributed by atoms with Gasteiger partial charge in [0.05, 0.1) is 17.8 Å². The lowest BCUT2D eigenvalue weighted by Crippen LogP contribution is -2.20. The van der Waals surface area contributed by atoms with E-state index in [1.165, 1.54) is 17.7 Å². The second-order valence-electron chi connectivity index (χ2n) is 6.06. The zero-order valence-electron chi connectivity index (χ0n) is 13.2. The molecule has 0 aromatic carbocycles. The summed E-state index contributed by atoms with van der Waals surface area (Å²) in [6.07, 6.45) is 9.92. The number of thiophene rings is 1. The first kappa shape index (κ1) is 15.7. The van der Waals surface area contributed by atoms with Crippen LogP contribution in [0, 0.1) is 0 Å². The molecule has 120 valence electrons. The SMILES string of the molecule is CCCc1cc2c(=O)n(CCCCC3CCCO3)cnc2s1. The van der Waals surface area contributed by atoms with E-state index in [0.29, 0.717) is 6.10 Å². The van der Waals surface area contributed by atoms with Crippen LogP contribution in [-0.2, 0) is 17.7 Å². The van der Waals surface area contributed by atoms with Crippen LogP contribution in [0.1, 0.15) is 50.3 Å². The summed E-state index contributed by atoms with van der Waals surface area (Å²) in [6.45, 7) is 3.83. The highest BCUT2D eigenvalue weighted by Crippen LogP contribution is 2.22. The summed E-state index contributed by atoms with van der Waals surface area (Å²) in [5.41, 5.74) is 0.112. The summed E-state index contributed by atoms with van der Waals surface area (Å²) in [5.74, 6) is 0. The molecule has 0 radical (unpaired) electrons. The molecule has 2 aromatic rings. The average Bonchev–Trinajstić information content (AvgIpc) is 3.15. The monoisotopic (exact) mass is 320 g/mol. The molecule has 1 unspecified atom stereocenters. The van der Waals surface area contributed by atoms with Crippen LogP contribution in [0.25, 0.3) is 10.2 Å². The van der Waals surface area contributed by atoms with Gasteiger partial charge in [-0.3, -0.25) is 9.36 Å². The molecule has 0 amide bonds. The first-order valence-electron chi connectivity index (χ1n) is 8.37. The highest BCUT2D eigenvalue weighted by atomic mass is 32.1. The summed E-state index contributed by atoms with van der Waals surface area (Å²) >= 11 is 1.65. The summed E-state index contributed by atoms with van der Waals surface area (Å²) in [4.78, 5) is 19.1. The van der Waals surface area contributed by atoms with Crippen molar-refractivity contribution in [2.45, 2.75) is 64.5 Å². The topological polar surface area (TPSA) is 44.1 Å². The first-order chi connectivity index (χ1) is 10.8. The second-order valence-corrected chi connectivity index (χ2v) is 7.17. The van der Waals surface area contributed by atoms with Gasteiger partial charge in [-0.15, -0.1) is 11.3 Å². The summed E-state index contributed by atoms with van der Waals surface area (Å²) in [6, 6.07) is 2.03. The maximum absolute atomic E-state index is 12.5. The molecule has 1 atom stereocenters. The van der Waals surface area contributed by atoms with Crippen LogP contribution < -0.4 is 5.56 Å². The van der Waals surface area contributed by atoms with Gasteiger partial charge in [-0.25, -0.2) is 4.98 Å². The predicted octanol–water partition coefficient (Wildman–Crippen LogP) is 3.76. The van der Waals surface area contributed by atoms with Crippen LogP contribution in [0.15, 0.2) is 17.2 Å². The van der Waals surface area contributed by atoms with E-state index in [9.17, 15) is 4.79 Å². The van der Waals surface area contributed by atoms with E-state index in [0.717, 1.165) is 55.5 Å². The molecular formula is C17H24N2O2S. The number of fused-ring (bicyclic) bond motifs is 1. The quantitative estimate of drug-likeness (QED) is 0.730. The van der Waals surface area contributed by atoms with Gasteiger partial charge in [0.2, 0.25) is 0 Å². The summed E-state index contributed by atoms with van der Waals surface area (Å²) in [5, 5.41) is 0.787. The van der Waals surface area contributed by atoms with E-state index in [4.69, 9.17) is 4.74 Å². The molecule has 1 fully saturated rings. The van der Waals surface area contributed by atoms with Crippen molar-refractivity contribution in [1.29, 1.82) is 0 Å². The lowest BCUT2D eigenvalue weighted by atomic mass is 10.1. The van der Waals surface area contributed by atoms with Crippen molar-refractivity contribution in [1.82, 2.24) is 9.55 Å². The number of aryl methyl sites for hydroxylation is 2. The van der Waals surface area contributed by atoms with E-state index in [1.54, 1.807) is 22.2 Å². The third-order valence-electron chi connectivity index (χ3n) is 4.26. The molecule has 22 heavy (non-hydrogen) atoms. The van der Waals surface area contributed by atoms with E-state index in [2.05, 4.69) is 11.9 Å². The molecule has 0 spiro atoms. The molecule has 4 nitrogen and oxygen atoms in total. The highest BCUT2D eigenvalue weighted by Gasteiger charge is 2.14. The first-order valence-corrected chi connectivity index (χ1v) is 9.19. The van der Waals surface area contributed by atoms with Crippen molar-refractivity contribution in [3.63, 3.8) is 0 Å². The average molecular weight is 320 g/mol. The van der Waals surface area contributed by atoms with Crippen molar-refractivity contribution in [2.24, 2.45) is 0 Å². The van der Waals surface area contributed by atoms with Crippen molar-refractivity contribution in [3.05, 3.63) is 27.6 Å². The maximum atomic E-state index is 12.5. The van der Waals surface area contributed by atoms with Crippen LogP contribution in [0.2, 0.25) is 0 Å². The number of hydrogen-bond acceptors (Lipinski definition) is 4. The summed E-state index contributed by atoms with van der Waals surface area (Å²) in [7, 11) is 0. The Kier molecular flexibility index (Phi) is 5.26. The Hall–Kier alpha value is -1.20. The number of rotatable bonds is 7. The Labute approximate surface area is 135 Å². The van der Waals surface area contributed by atoms with Gasteiger partial charge in [0.25, 0.3) is 5.56 Å². The largest absolute Gasteiger partial charge is 0.378 e. The van der Waals surface area contributed by atoms with Crippen molar-refractivity contribution in [2.75, 3.05) is 6.61 Å². The number of hydrogen-bond donors (Lipinski definition) is 0. The maximum Gasteiger partial charge on any atom is 0.262 e. The Morgan fingerprint density at radius 3 is 3.14 bits per heavy atom. The third kappa shape index (κ3) is 3.58. The van der Waals surface area contributed by atoms with Gasteiger partial charge >= 0.3 is 0 Å². The van der Waals surface area contributed by atoms with Gasteiger partial charge < -0.3 is 4.74 Å². The fourth-order valence-corrected chi connectivity index (χ4v) is 4.15. The Morgan fingerprint density at radius 2 is 2.36 bits per heavy atom. The summed E-state index contributed by atoms with van der Waals surface area (Å²) < 4.78 is 7.40. The molecule has 3 heterocycles. The third-order valence-corrected chi connectivity index (χ3v) is 5.37. The molecule has 2 aromatic heterocycles. The minimum absolute atomic E-state index is 0.112. The van der Waals surface area contributed by atoms with Crippen LogP contribution in [0.4, 0.5) is 0 Å². The van der Waals surface area contributed by atoms with E-state index < -0.39 is 0 Å². The minimum Gasteiger partial charge on any atom is -0.378 e. The number of unbranched alkanes of at least 4 members (excludes halogenated alkanes) is 1. The second kappa shape index (κ2) is 7.38. The molecule has 1 aliphatic heterocycles. The standard InChI is InChI=1S/C17H24N2O2S/c1-2-6-14-11-15-16(22-14)18-12-19(17(15)20)9-4-3-7-13-8-5-10-21-13/h11-13H,2-10H2,1H3. The smallest absolute Gasteiger partial charge is 0.262 e. The lowest BCUT2D eigenvalue weighted by molar-refractivity contribution is 0.102. The molecule has 3 rings (SSSR count). The minimum atomic E-state index is 0.112. The molecule has 5 heteroatoms. The van der Waals surface area contributed by atoms with Gasteiger partial charge in [-0.1, -0.05) is 13.3 Å². The van der Waals surface area contributed by atoms with Gasteiger partial charge in [-0.05, 0) is 44.6 Å². The zero-order chi connectivity index (χ0) is 15.4. The van der Waals surface area contributed by atoms with Crippen LogP contribution in [-0.4, -0.2) is 22.3 Å². The van der Waals surface area contributed by atoms with Crippen molar-refractivity contribution >= 4 is 21.6 Å². The van der Waals surface area contributed by atoms with Crippen molar-refractivity contribution in [3.8, 4) is 0 Å². The van der Waals surface area contributed by atoms with E-state index >= 15 is 0 Å². The van der Waals surface area contributed by atoms with Crippen LogP contribution >= 0.6 is 11.3 Å². The highest BCUT2D eigenvalue weighted by molar-refractivity contribution is 7.18. The number of aromatic nitrogens is 2. The Morgan fingerprint density at radius 1 is 1.45 bits per heavy atom. The van der Waals surface area contributed by atoms with Gasteiger partial charge in [-0.2, -0.15) is 0 Å². The van der Waals surface area contributed by atoms with Gasteiger partial charge in [0, 0.05) is 18.0 Å². The number of nitrogens with zero attached hydrogens (tertiary/aromatic N) is 2. The lowest BCUT2D eigenvalue weighted by Gasteiger charge is -2.09. The normalized spacial score (nSPS) is 18.3. The van der Waals surface area contributed by atoms with Gasteiger partial charge in [0.15, 0.2) is 0 Å². The molecule has 0 N–H and O–H groups in total. The van der Waals surface area contributed by atoms with Crippen LogP contribution in [0.3, 0.4) is 0 Å². The van der Waals surface area contributed by atoms with Crippen LogP contribution in [0.5, 0.6) is 0 Å². The van der Waals surface area contributed by atoms with E-state index in [-0.39, 0.29) is 5.56 Å². The Bertz CT molecular complexity index is 671. The van der Waals surface area contributed by atoms with Crippen molar-refractivity contribution < 1.29 is 4.74 Å². The molecule has 1 aliphatic rings. The Balaban J connectivity index is 1.60. The van der Waals surface area contributed by atoms with E-state index in [1.807, 2.05) is 6.07 Å². The molecule has 0 bridgehead atoms. The zero-order valence-corrected chi connectivity index (χ0v) is 14.0. The molecule has 1 saturated heterocycles. The van der Waals surface area contributed by atoms with Gasteiger partial charge in [0.1, 0.15) is 4.83 Å². The predicted molar refractivity (Wildman–Crippen MR) is 90.7 cm³/mol. The number of ether oxygens (including phenoxy) is 1. The molecule has 0 aliphatic carbocycles. The molecular weight excluding hydrogens is 296 g/mol. The fourth-order valence-electron chi connectivity index (χ4n) is 3.06. The fraction of sp³-hybridized carbons (Fsp3) is 0.647. The molecule has 0 saturated carbocycles.